The van der Waals surface area contributed by atoms with Gasteiger partial charge in [0.1, 0.15) is 6.10 Å². The smallest absolute Gasteiger partial charge is 0.220 e. The first-order valence-electron chi connectivity index (χ1n) is 5.45. The maximum Gasteiger partial charge on any atom is 0.220 e. The van der Waals surface area contributed by atoms with Gasteiger partial charge >= 0.3 is 0 Å². The second-order valence-electron chi connectivity index (χ2n) is 4.52. The van der Waals surface area contributed by atoms with E-state index in [1.165, 1.54) is 16.4 Å². The highest BCUT2D eigenvalue weighted by Gasteiger charge is 2.25. The second kappa shape index (κ2) is 4.02. The predicted molar refractivity (Wildman–Crippen MR) is 66.5 cm³/mol. The standard InChI is InChI=1S/C12H18NOP/c1-7(2)10-5-13-12(14-10)11-9(4)8(3)6-15-11/h6-7,10,15H,5H2,1-4H3/t10-/m0/s1. The number of hydrogen-bond acceptors (Lipinski definition) is 2. The minimum atomic E-state index is 0.283. The van der Waals surface area contributed by atoms with Crippen LogP contribution >= 0.6 is 8.19 Å². The molecule has 2 nitrogen and oxygen atoms in total. The molecule has 2 atom stereocenters. The number of nitrogens with zero attached hydrogens (tertiary/aromatic N) is 1. The lowest BCUT2D eigenvalue weighted by Crippen LogP contribution is -2.19. The molecule has 0 aliphatic carbocycles. The van der Waals surface area contributed by atoms with Crippen molar-refractivity contribution in [2.24, 2.45) is 10.9 Å². The molecule has 0 saturated heterocycles. The fourth-order valence-corrected chi connectivity index (χ4v) is 2.94. The number of aryl methyl sites for hydroxylation is 1. The first-order valence-corrected chi connectivity index (χ1v) is 6.53. The van der Waals surface area contributed by atoms with Crippen molar-refractivity contribution in [1.82, 2.24) is 0 Å². The number of hydrogen-bond donors (Lipinski definition) is 0. The minimum Gasteiger partial charge on any atom is -0.472 e. The van der Waals surface area contributed by atoms with Gasteiger partial charge in [-0.2, -0.15) is 0 Å². The third-order valence-electron chi connectivity index (χ3n) is 3.03. The van der Waals surface area contributed by atoms with Crippen molar-refractivity contribution in [3.63, 3.8) is 0 Å². The molecule has 0 aromatic carbocycles. The molecule has 0 fully saturated rings. The summed E-state index contributed by atoms with van der Waals surface area (Å²) in [6.45, 7) is 9.52. The summed E-state index contributed by atoms with van der Waals surface area (Å²) >= 11 is 0. The lowest BCUT2D eigenvalue weighted by molar-refractivity contribution is 0.172. The molecule has 0 radical (unpaired) electrons. The van der Waals surface area contributed by atoms with E-state index in [2.05, 4.69) is 38.5 Å². The summed E-state index contributed by atoms with van der Waals surface area (Å²) in [7, 11) is 0.739. The molecule has 1 aromatic rings. The van der Waals surface area contributed by atoms with Gasteiger partial charge in [0.05, 0.1) is 11.8 Å². The highest BCUT2D eigenvalue weighted by atomic mass is 31.0. The van der Waals surface area contributed by atoms with Crippen LogP contribution in [0.5, 0.6) is 0 Å². The van der Waals surface area contributed by atoms with Crippen LogP contribution in [0.1, 0.15) is 30.3 Å². The molecule has 0 N–H and O–H groups in total. The lowest BCUT2D eigenvalue weighted by Gasteiger charge is -2.14. The number of aliphatic imine (C=N–C) groups is 1. The SMILES string of the molecule is Cc1c[pH]c(C2=NC[C@@H](C(C)C)O2)c1C. The summed E-state index contributed by atoms with van der Waals surface area (Å²) in [5.74, 6) is 3.72. The molecule has 1 aliphatic heterocycles. The van der Waals surface area contributed by atoms with E-state index >= 15 is 0 Å². The summed E-state index contributed by atoms with van der Waals surface area (Å²) < 4.78 is 5.89. The van der Waals surface area contributed by atoms with E-state index < -0.39 is 0 Å². The zero-order chi connectivity index (χ0) is 11.0. The molecular weight excluding hydrogens is 205 g/mol. The molecule has 0 saturated carbocycles. The maximum atomic E-state index is 5.89. The Hall–Kier alpha value is -0.750. The van der Waals surface area contributed by atoms with Gasteiger partial charge in [-0.15, -0.1) is 8.19 Å². The predicted octanol–water partition coefficient (Wildman–Crippen LogP) is 3.14. The van der Waals surface area contributed by atoms with Crippen LogP contribution in [-0.4, -0.2) is 18.5 Å². The van der Waals surface area contributed by atoms with Gasteiger partial charge < -0.3 is 4.74 Å². The van der Waals surface area contributed by atoms with Gasteiger partial charge in [-0.3, -0.25) is 0 Å². The van der Waals surface area contributed by atoms with Crippen LogP contribution in [0.4, 0.5) is 0 Å². The number of rotatable bonds is 2. The minimum absolute atomic E-state index is 0.283. The molecule has 82 valence electrons. The van der Waals surface area contributed by atoms with Crippen LogP contribution in [0.3, 0.4) is 0 Å². The van der Waals surface area contributed by atoms with E-state index in [9.17, 15) is 0 Å². The van der Waals surface area contributed by atoms with Crippen molar-refractivity contribution in [3.05, 3.63) is 22.2 Å². The molecule has 0 spiro atoms. The largest absolute Gasteiger partial charge is 0.472 e. The fourth-order valence-electron chi connectivity index (χ4n) is 1.69. The topological polar surface area (TPSA) is 21.6 Å². The zero-order valence-electron chi connectivity index (χ0n) is 9.79. The van der Waals surface area contributed by atoms with Gasteiger partial charge in [0.15, 0.2) is 0 Å². The van der Waals surface area contributed by atoms with Crippen LogP contribution in [-0.2, 0) is 4.74 Å². The molecule has 2 rings (SSSR count). The summed E-state index contributed by atoms with van der Waals surface area (Å²) in [4.78, 5) is 4.52. The Morgan fingerprint density at radius 2 is 2.20 bits per heavy atom. The number of ether oxygens (including phenoxy) is 1. The zero-order valence-corrected chi connectivity index (χ0v) is 10.8. The molecule has 1 unspecified atom stereocenters. The van der Waals surface area contributed by atoms with E-state index in [4.69, 9.17) is 4.74 Å². The molecule has 0 amide bonds. The Balaban J connectivity index is 2.18. The third-order valence-corrected chi connectivity index (χ3v) is 4.49. The van der Waals surface area contributed by atoms with E-state index in [0.29, 0.717) is 5.92 Å². The first-order chi connectivity index (χ1) is 7.09. The van der Waals surface area contributed by atoms with Crippen molar-refractivity contribution < 1.29 is 4.74 Å². The van der Waals surface area contributed by atoms with Gasteiger partial charge in [-0.05, 0) is 36.7 Å². The fraction of sp³-hybridized carbons (Fsp3) is 0.583. The highest BCUT2D eigenvalue weighted by molar-refractivity contribution is 7.32. The molecule has 3 heteroatoms. The van der Waals surface area contributed by atoms with Crippen molar-refractivity contribution in [2.75, 3.05) is 6.54 Å². The van der Waals surface area contributed by atoms with E-state index in [-0.39, 0.29) is 6.10 Å². The van der Waals surface area contributed by atoms with Crippen LogP contribution in [0.15, 0.2) is 10.8 Å². The molecular formula is C12H18NOP. The molecule has 0 bridgehead atoms. The molecule has 1 aromatic heterocycles. The summed E-state index contributed by atoms with van der Waals surface area (Å²) in [5.41, 5.74) is 2.74. The first kappa shape index (κ1) is 10.8. The van der Waals surface area contributed by atoms with Gasteiger partial charge in [0.25, 0.3) is 0 Å². The summed E-state index contributed by atoms with van der Waals surface area (Å²) in [6, 6.07) is 0. The Bertz CT molecular complexity index is 392. The third kappa shape index (κ3) is 1.96. The van der Waals surface area contributed by atoms with Crippen LogP contribution in [0.2, 0.25) is 0 Å². The quantitative estimate of drug-likeness (QED) is 0.754. The Morgan fingerprint density at radius 3 is 2.67 bits per heavy atom. The highest BCUT2D eigenvalue weighted by Crippen LogP contribution is 2.29. The van der Waals surface area contributed by atoms with Crippen LogP contribution in [0.25, 0.3) is 0 Å². The van der Waals surface area contributed by atoms with Crippen molar-refractivity contribution in [2.45, 2.75) is 33.8 Å². The van der Waals surface area contributed by atoms with Gasteiger partial charge in [0, 0.05) is 0 Å². The normalized spacial score (nSPS) is 21.1. The van der Waals surface area contributed by atoms with Crippen molar-refractivity contribution in [1.29, 1.82) is 0 Å². The Morgan fingerprint density at radius 1 is 1.47 bits per heavy atom. The van der Waals surface area contributed by atoms with Crippen molar-refractivity contribution in [3.8, 4) is 0 Å². The van der Waals surface area contributed by atoms with Crippen LogP contribution in [0, 0.1) is 19.8 Å². The average molecular weight is 223 g/mol. The molecule has 2 heterocycles. The van der Waals surface area contributed by atoms with Gasteiger partial charge in [0.2, 0.25) is 5.90 Å². The molecule has 1 aliphatic rings. The Kier molecular flexibility index (Phi) is 2.88. The Labute approximate surface area is 92.8 Å². The van der Waals surface area contributed by atoms with Gasteiger partial charge in [-0.1, -0.05) is 13.8 Å². The lowest BCUT2D eigenvalue weighted by atomic mass is 10.1. The van der Waals surface area contributed by atoms with E-state index in [1.54, 1.807) is 0 Å². The summed E-state index contributed by atoms with van der Waals surface area (Å²) in [6.07, 6.45) is 0.283. The van der Waals surface area contributed by atoms with Gasteiger partial charge in [-0.25, -0.2) is 4.99 Å². The van der Waals surface area contributed by atoms with E-state index in [1.807, 2.05) is 0 Å². The second-order valence-corrected chi connectivity index (χ2v) is 5.60. The van der Waals surface area contributed by atoms with Crippen LogP contribution < -0.4 is 0 Å². The summed E-state index contributed by atoms with van der Waals surface area (Å²) in [5, 5.41) is 1.32. The molecule has 15 heavy (non-hydrogen) atoms. The maximum absolute atomic E-state index is 5.89. The average Bonchev–Trinajstić information content (AvgIpc) is 2.76. The van der Waals surface area contributed by atoms with E-state index in [0.717, 1.165) is 20.6 Å². The monoisotopic (exact) mass is 223 g/mol. The van der Waals surface area contributed by atoms with Crippen molar-refractivity contribution >= 4 is 14.1 Å².